The standard InChI is InChI=1S/C16H14N4OS/c1-22(21)13-9-5-8-12(10-13)15-14(18-16(17)20-19-15)11-6-3-2-4-7-11/h2-10H,1H3,(H2,17,18,20). The number of hydrogen-bond acceptors (Lipinski definition) is 5. The summed E-state index contributed by atoms with van der Waals surface area (Å²) in [7, 11) is 0. The Balaban J connectivity index is 2.17. The highest BCUT2D eigenvalue weighted by molar-refractivity contribution is 7.90. The van der Waals surface area contributed by atoms with E-state index in [2.05, 4.69) is 15.2 Å². The first-order chi connectivity index (χ1) is 10.6. The summed E-state index contributed by atoms with van der Waals surface area (Å²) in [6, 6.07) is 17.1. The van der Waals surface area contributed by atoms with Gasteiger partial charge in [-0.05, 0) is 17.2 Å². The van der Waals surface area contributed by atoms with Crippen LogP contribution in [0.4, 0.5) is 5.95 Å². The van der Waals surface area contributed by atoms with Crippen molar-refractivity contribution in [2.24, 2.45) is 0 Å². The molecule has 0 aliphatic rings. The van der Waals surface area contributed by atoms with Crippen LogP contribution < -0.4 is 5.73 Å². The Bertz CT molecular complexity index is 793. The van der Waals surface area contributed by atoms with Gasteiger partial charge in [0.2, 0.25) is 5.95 Å². The number of benzene rings is 2. The van der Waals surface area contributed by atoms with Gasteiger partial charge in [0.1, 0.15) is 17.6 Å². The van der Waals surface area contributed by atoms with Gasteiger partial charge in [-0.25, -0.2) is 4.98 Å². The van der Waals surface area contributed by atoms with Crippen molar-refractivity contribution in [3.8, 4) is 22.5 Å². The van der Waals surface area contributed by atoms with Crippen molar-refractivity contribution in [3.63, 3.8) is 0 Å². The molecule has 0 bridgehead atoms. The van der Waals surface area contributed by atoms with E-state index in [-0.39, 0.29) is 5.95 Å². The molecule has 0 fully saturated rings. The summed E-state index contributed by atoms with van der Waals surface area (Å²) in [5.41, 5.74) is 8.68. The summed E-state index contributed by atoms with van der Waals surface area (Å²) in [4.78, 5) is 5.05. The average Bonchev–Trinajstić information content (AvgIpc) is 2.55. The van der Waals surface area contributed by atoms with Crippen molar-refractivity contribution in [1.82, 2.24) is 15.2 Å². The minimum Gasteiger partial charge on any atom is -0.612 e. The maximum absolute atomic E-state index is 11.7. The lowest BCUT2D eigenvalue weighted by molar-refractivity contribution is 0.601. The molecule has 0 saturated carbocycles. The molecule has 0 saturated heterocycles. The van der Waals surface area contributed by atoms with Crippen molar-refractivity contribution in [2.75, 3.05) is 12.0 Å². The van der Waals surface area contributed by atoms with E-state index in [0.29, 0.717) is 11.4 Å². The molecule has 0 aliphatic heterocycles. The highest BCUT2D eigenvalue weighted by Gasteiger charge is 2.14. The summed E-state index contributed by atoms with van der Waals surface area (Å²) in [6.07, 6.45) is 1.64. The van der Waals surface area contributed by atoms with E-state index < -0.39 is 11.2 Å². The van der Waals surface area contributed by atoms with E-state index in [0.717, 1.165) is 16.0 Å². The molecule has 3 aromatic rings. The van der Waals surface area contributed by atoms with Crippen molar-refractivity contribution in [1.29, 1.82) is 0 Å². The Morgan fingerprint density at radius 3 is 2.36 bits per heavy atom. The predicted molar refractivity (Wildman–Crippen MR) is 87.4 cm³/mol. The number of aromatic nitrogens is 3. The fourth-order valence-corrected chi connectivity index (χ4v) is 2.72. The van der Waals surface area contributed by atoms with Gasteiger partial charge in [-0.15, -0.1) is 10.2 Å². The van der Waals surface area contributed by atoms with Crippen molar-refractivity contribution >= 4 is 17.1 Å². The first-order valence-corrected chi connectivity index (χ1v) is 8.20. The minimum absolute atomic E-state index is 0.123. The van der Waals surface area contributed by atoms with Crippen LogP contribution in [0.2, 0.25) is 0 Å². The van der Waals surface area contributed by atoms with Gasteiger partial charge in [0, 0.05) is 17.2 Å². The number of rotatable bonds is 3. The lowest BCUT2D eigenvalue weighted by atomic mass is 10.0. The molecule has 2 aromatic carbocycles. The molecule has 0 radical (unpaired) electrons. The van der Waals surface area contributed by atoms with Gasteiger partial charge in [0.05, 0.1) is 0 Å². The number of nitrogen functional groups attached to an aromatic ring is 1. The highest BCUT2D eigenvalue weighted by Crippen LogP contribution is 2.29. The Hall–Kier alpha value is -2.44. The van der Waals surface area contributed by atoms with Gasteiger partial charge in [-0.2, -0.15) is 0 Å². The van der Waals surface area contributed by atoms with Gasteiger partial charge in [-0.1, -0.05) is 42.5 Å². The number of anilines is 1. The molecule has 5 nitrogen and oxygen atoms in total. The van der Waals surface area contributed by atoms with Gasteiger partial charge >= 0.3 is 0 Å². The van der Waals surface area contributed by atoms with E-state index in [9.17, 15) is 4.55 Å². The van der Waals surface area contributed by atoms with Gasteiger partial charge in [0.25, 0.3) is 0 Å². The summed E-state index contributed by atoms with van der Waals surface area (Å²) >= 11 is -1.06. The van der Waals surface area contributed by atoms with E-state index in [1.165, 1.54) is 0 Å². The van der Waals surface area contributed by atoms with Crippen LogP contribution in [0.25, 0.3) is 22.5 Å². The molecule has 22 heavy (non-hydrogen) atoms. The van der Waals surface area contributed by atoms with Crippen LogP contribution in [0.5, 0.6) is 0 Å². The second kappa shape index (κ2) is 6.13. The SMILES string of the molecule is C[S+]([O-])c1cccc(-c2nnc(N)nc2-c2ccccc2)c1. The van der Waals surface area contributed by atoms with Crippen LogP contribution in [-0.4, -0.2) is 26.0 Å². The van der Waals surface area contributed by atoms with E-state index in [1.807, 2.05) is 54.6 Å². The summed E-state index contributed by atoms with van der Waals surface area (Å²) in [5, 5.41) is 8.05. The second-order valence-electron chi connectivity index (χ2n) is 4.72. The smallest absolute Gasteiger partial charge is 0.240 e. The summed E-state index contributed by atoms with van der Waals surface area (Å²) in [6.45, 7) is 0. The third-order valence-electron chi connectivity index (χ3n) is 3.19. The van der Waals surface area contributed by atoms with E-state index in [1.54, 1.807) is 6.26 Å². The molecular weight excluding hydrogens is 296 g/mol. The third-order valence-corrected chi connectivity index (χ3v) is 4.11. The molecule has 0 aliphatic carbocycles. The quantitative estimate of drug-likeness (QED) is 0.751. The molecule has 0 spiro atoms. The molecule has 6 heteroatoms. The fraction of sp³-hybridized carbons (Fsp3) is 0.0625. The molecule has 3 rings (SSSR count). The van der Waals surface area contributed by atoms with Crippen LogP contribution in [0.15, 0.2) is 59.5 Å². The largest absolute Gasteiger partial charge is 0.612 e. The molecule has 2 N–H and O–H groups in total. The maximum Gasteiger partial charge on any atom is 0.240 e. The van der Waals surface area contributed by atoms with Crippen molar-refractivity contribution in [2.45, 2.75) is 4.90 Å². The van der Waals surface area contributed by atoms with Gasteiger partial charge in [-0.3, -0.25) is 0 Å². The Kier molecular flexibility index (Phi) is 4.04. The molecule has 110 valence electrons. The normalized spacial score (nSPS) is 12.1. The fourth-order valence-electron chi connectivity index (χ4n) is 2.15. The van der Waals surface area contributed by atoms with E-state index in [4.69, 9.17) is 5.73 Å². The van der Waals surface area contributed by atoms with Crippen LogP contribution in [0.3, 0.4) is 0 Å². The Morgan fingerprint density at radius 2 is 1.64 bits per heavy atom. The molecule has 1 aromatic heterocycles. The third kappa shape index (κ3) is 2.93. The van der Waals surface area contributed by atoms with Crippen molar-refractivity contribution < 1.29 is 4.55 Å². The predicted octanol–water partition coefficient (Wildman–Crippen LogP) is 2.53. The lowest BCUT2D eigenvalue weighted by Crippen LogP contribution is -2.03. The minimum atomic E-state index is -1.06. The van der Waals surface area contributed by atoms with Crippen LogP contribution in [0.1, 0.15) is 0 Å². The lowest BCUT2D eigenvalue weighted by Gasteiger charge is -2.09. The topological polar surface area (TPSA) is 87.8 Å². The first-order valence-electron chi connectivity index (χ1n) is 6.64. The first kappa shape index (κ1) is 14.5. The highest BCUT2D eigenvalue weighted by atomic mass is 32.2. The zero-order valence-corrected chi connectivity index (χ0v) is 12.7. The maximum atomic E-state index is 11.7. The molecule has 0 amide bonds. The number of nitrogens with zero attached hydrogens (tertiary/aromatic N) is 3. The summed E-state index contributed by atoms with van der Waals surface area (Å²) in [5.74, 6) is 0.123. The Labute approximate surface area is 131 Å². The molecular formula is C16H14N4OS. The summed E-state index contributed by atoms with van der Waals surface area (Å²) < 4.78 is 11.7. The monoisotopic (exact) mass is 310 g/mol. The van der Waals surface area contributed by atoms with Gasteiger partial charge in [0.15, 0.2) is 4.90 Å². The number of hydrogen-bond donors (Lipinski definition) is 1. The zero-order valence-electron chi connectivity index (χ0n) is 11.9. The zero-order chi connectivity index (χ0) is 15.5. The Morgan fingerprint density at radius 1 is 0.909 bits per heavy atom. The molecule has 1 atom stereocenters. The molecule has 1 unspecified atom stereocenters. The second-order valence-corrected chi connectivity index (χ2v) is 6.09. The number of nitrogens with two attached hydrogens (primary N) is 1. The van der Waals surface area contributed by atoms with E-state index >= 15 is 0 Å². The van der Waals surface area contributed by atoms with Crippen LogP contribution >= 0.6 is 0 Å². The average molecular weight is 310 g/mol. The molecule has 1 heterocycles. The van der Waals surface area contributed by atoms with Gasteiger partial charge < -0.3 is 10.3 Å². The van der Waals surface area contributed by atoms with Crippen LogP contribution in [-0.2, 0) is 11.2 Å². The van der Waals surface area contributed by atoms with Crippen molar-refractivity contribution in [3.05, 3.63) is 54.6 Å². The van der Waals surface area contributed by atoms with Crippen LogP contribution in [0, 0.1) is 0 Å².